The summed E-state index contributed by atoms with van der Waals surface area (Å²) < 4.78 is 5.91. The minimum Gasteiger partial charge on any atom is -0.370 e. The molecule has 0 aliphatic heterocycles. The molecule has 0 bridgehead atoms. The first-order valence-electron chi connectivity index (χ1n) is 6.35. The molecule has 0 spiro atoms. The number of thiazole rings is 1. The topological polar surface area (TPSA) is 61.0 Å². The van der Waals surface area contributed by atoms with E-state index < -0.39 is 0 Å². The summed E-state index contributed by atoms with van der Waals surface area (Å²) in [6.07, 6.45) is 2.47. The van der Waals surface area contributed by atoms with E-state index in [0.717, 1.165) is 17.8 Å². The first-order valence-corrected chi connectivity index (χ1v) is 7.23. The molecular formula is C14H19N3OS. The third-order valence-corrected chi connectivity index (χ3v) is 3.92. The normalized spacial score (nSPS) is 14.3. The molecule has 102 valence electrons. The molecule has 2 atom stereocenters. The second-order valence-corrected chi connectivity index (χ2v) is 5.46. The Balaban J connectivity index is 1.93. The summed E-state index contributed by atoms with van der Waals surface area (Å²) in [7, 11) is 0. The summed E-state index contributed by atoms with van der Waals surface area (Å²) in [5, 5.41) is 0. The largest absolute Gasteiger partial charge is 0.370 e. The third kappa shape index (κ3) is 3.83. The van der Waals surface area contributed by atoms with Crippen LogP contribution in [0.2, 0.25) is 0 Å². The first-order chi connectivity index (χ1) is 9.18. The van der Waals surface area contributed by atoms with E-state index in [2.05, 4.69) is 9.97 Å². The highest BCUT2D eigenvalue weighted by Crippen LogP contribution is 2.19. The van der Waals surface area contributed by atoms with Crippen LogP contribution in [-0.4, -0.2) is 22.6 Å². The van der Waals surface area contributed by atoms with Gasteiger partial charge in [0.25, 0.3) is 0 Å². The van der Waals surface area contributed by atoms with E-state index in [1.54, 1.807) is 17.5 Å². The SMILES string of the molecule is Cc1ncsc1CCOC(c1ccccn1)C(C)N. The van der Waals surface area contributed by atoms with E-state index in [-0.39, 0.29) is 12.1 Å². The monoisotopic (exact) mass is 277 g/mol. The molecule has 2 aromatic heterocycles. The predicted molar refractivity (Wildman–Crippen MR) is 77.1 cm³/mol. The number of pyridine rings is 1. The lowest BCUT2D eigenvalue weighted by molar-refractivity contribution is 0.0377. The average molecular weight is 277 g/mol. The van der Waals surface area contributed by atoms with Crippen molar-refractivity contribution in [1.29, 1.82) is 0 Å². The molecule has 0 aromatic carbocycles. The molecule has 4 nitrogen and oxygen atoms in total. The Morgan fingerprint density at radius 2 is 2.21 bits per heavy atom. The molecule has 0 aliphatic rings. The second kappa shape index (κ2) is 6.75. The van der Waals surface area contributed by atoms with Crippen LogP contribution in [0.4, 0.5) is 0 Å². The summed E-state index contributed by atoms with van der Waals surface area (Å²) in [6, 6.07) is 5.71. The van der Waals surface area contributed by atoms with Crippen molar-refractivity contribution in [2.45, 2.75) is 32.4 Å². The van der Waals surface area contributed by atoms with Gasteiger partial charge in [0.1, 0.15) is 6.10 Å². The van der Waals surface area contributed by atoms with Crippen molar-refractivity contribution in [3.8, 4) is 0 Å². The van der Waals surface area contributed by atoms with Crippen LogP contribution in [0.25, 0.3) is 0 Å². The number of rotatable bonds is 6. The number of ether oxygens (including phenoxy) is 1. The molecule has 0 fully saturated rings. The Morgan fingerprint density at radius 3 is 2.79 bits per heavy atom. The predicted octanol–water partition coefficient (Wildman–Crippen LogP) is 2.49. The van der Waals surface area contributed by atoms with E-state index in [9.17, 15) is 0 Å². The molecule has 0 radical (unpaired) electrons. The zero-order valence-electron chi connectivity index (χ0n) is 11.2. The van der Waals surface area contributed by atoms with Crippen LogP contribution in [0, 0.1) is 6.92 Å². The Kier molecular flexibility index (Phi) is 5.01. The van der Waals surface area contributed by atoms with Crippen LogP contribution >= 0.6 is 11.3 Å². The van der Waals surface area contributed by atoms with Crippen molar-refractivity contribution in [1.82, 2.24) is 9.97 Å². The lowest BCUT2D eigenvalue weighted by Crippen LogP contribution is -2.28. The second-order valence-electron chi connectivity index (χ2n) is 4.52. The number of nitrogens with zero attached hydrogens (tertiary/aromatic N) is 2. The van der Waals surface area contributed by atoms with Crippen molar-refractivity contribution < 1.29 is 4.74 Å². The Morgan fingerprint density at radius 1 is 1.37 bits per heavy atom. The fourth-order valence-electron chi connectivity index (χ4n) is 1.90. The summed E-state index contributed by atoms with van der Waals surface area (Å²) in [6.45, 7) is 4.59. The number of hydrogen-bond acceptors (Lipinski definition) is 5. The van der Waals surface area contributed by atoms with Crippen LogP contribution in [0.5, 0.6) is 0 Å². The maximum atomic E-state index is 5.98. The molecule has 0 saturated carbocycles. The Bertz CT molecular complexity index is 498. The number of hydrogen-bond donors (Lipinski definition) is 1. The van der Waals surface area contributed by atoms with Gasteiger partial charge in [0.15, 0.2) is 0 Å². The van der Waals surface area contributed by atoms with Crippen LogP contribution in [0.3, 0.4) is 0 Å². The molecule has 2 unspecified atom stereocenters. The van der Waals surface area contributed by atoms with Crippen LogP contribution in [0.1, 0.15) is 29.3 Å². The Labute approximate surface area is 117 Å². The van der Waals surface area contributed by atoms with Gasteiger partial charge in [-0.05, 0) is 26.0 Å². The number of aryl methyl sites for hydroxylation is 1. The van der Waals surface area contributed by atoms with Crippen molar-refractivity contribution in [2.24, 2.45) is 5.73 Å². The highest BCUT2D eigenvalue weighted by atomic mass is 32.1. The van der Waals surface area contributed by atoms with Crippen molar-refractivity contribution in [2.75, 3.05) is 6.61 Å². The third-order valence-electron chi connectivity index (χ3n) is 2.93. The van der Waals surface area contributed by atoms with Crippen LogP contribution in [0.15, 0.2) is 29.9 Å². The molecule has 19 heavy (non-hydrogen) atoms. The fourth-order valence-corrected chi connectivity index (χ4v) is 2.66. The summed E-state index contributed by atoms with van der Waals surface area (Å²) in [5.41, 5.74) is 9.83. The highest BCUT2D eigenvalue weighted by molar-refractivity contribution is 7.09. The molecule has 2 aromatic rings. The van der Waals surface area contributed by atoms with Gasteiger partial charge >= 0.3 is 0 Å². The summed E-state index contributed by atoms with van der Waals surface area (Å²) in [4.78, 5) is 9.82. The van der Waals surface area contributed by atoms with E-state index in [4.69, 9.17) is 10.5 Å². The minimum atomic E-state index is -0.158. The van der Waals surface area contributed by atoms with Crippen LogP contribution < -0.4 is 5.73 Å². The standard InChI is InChI=1S/C14H19N3OS/c1-10(15)14(12-5-3-4-7-16-12)18-8-6-13-11(2)17-9-19-13/h3-5,7,9-10,14H,6,8,15H2,1-2H3. The van der Waals surface area contributed by atoms with E-state index in [0.29, 0.717) is 6.61 Å². The van der Waals surface area contributed by atoms with Crippen molar-refractivity contribution in [3.05, 3.63) is 46.2 Å². The smallest absolute Gasteiger partial charge is 0.114 e. The maximum absolute atomic E-state index is 5.98. The zero-order chi connectivity index (χ0) is 13.7. The average Bonchev–Trinajstić information content (AvgIpc) is 2.81. The first kappa shape index (κ1) is 14.1. The van der Waals surface area contributed by atoms with E-state index >= 15 is 0 Å². The molecule has 2 N–H and O–H groups in total. The Hall–Kier alpha value is -1.30. The minimum absolute atomic E-state index is 0.0857. The molecule has 5 heteroatoms. The lowest BCUT2D eigenvalue weighted by Gasteiger charge is -2.20. The summed E-state index contributed by atoms with van der Waals surface area (Å²) in [5.74, 6) is 0. The fraction of sp³-hybridized carbons (Fsp3) is 0.429. The van der Waals surface area contributed by atoms with Gasteiger partial charge in [-0.15, -0.1) is 11.3 Å². The lowest BCUT2D eigenvalue weighted by atomic mass is 10.1. The van der Waals surface area contributed by atoms with Gasteiger partial charge in [0.2, 0.25) is 0 Å². The van der Waals surface area contributed by atoms with E-state index in [1.165, 1.54) is 4.88 Å². The number of nitrogens with two attached hydrogens (primary N) is 1. The van der Waals surface area contributed by atoms with E-state index in [1.807, 2.05) is 37.6 Å². The molecular weight excluding hydrogens is 258 g/mol. The van der Waals surface area contributed by atoms with Gasteiger partial charge in [-0.1, -0.05) is 6.07 Å². The molecule has 0 saturated heterocycles. The van der Waals surface area contributed by atoms with Crippen LogP contribution in [-0.2, 0) is 11.2 Å². The molecule has 0 aliphatic carbocycles. The quantitative estimate of drug-likeness (QED) is 0.881. The maximum Gasteiger partial charge on any atom is 0.114 e. The van der Waals surface area contributed by atoms with Gasteiger partial charge in [-0.25, -0.2) is 4.98 Å². The van der Waals surface area contributed by atoms with Gasteiger partial charge in [-0.2, -0.15) is 0 Å². The molecule has 2 heterocycles. The van der Waals surface area contributed by atoms with Crippen molar-refractivity contribution in [3.63, 3.8) is 0 Å². The van der Waals surface area contributed by atoms with Gasteiger partial charge in [-0.3, -0.25) is 4.98 Å². The van der Waals surface area contributed by atoms with Gasteiger partial charge < -0.3 is 10.5 Å². The highest BCUT2D eigenvalue weighted by Gasteiger charge is 2.18. The molecule has 0 amide bonds. The van der Waals surface area contributed by atoms with Crippen molar-refractivity contribution >= 4 is 11.3 Å². The van der Waals surface area contributed by atoms with Gasteiger partial charge in [0.05, 0.1) is 23.5 Å². The zero-order valence-corrected chi connectivity index (χ0v) is 12.1. The molecule has 2 rings (SSSR count). The van der Waals surface area contributed by atoms with Gasteiger partial charge in [0, 0.05) is 23.5 Å². The number of aromatic nitrogens is 2. The summed E-state index contributed by atoms with van der Waals surface area (Å²) >= 11 is 1.67.